The maximum absolute atomic E-state index is 13.0. The molecule has 0 spiro atoms. The van der Waals surface area contributed by atoms with Crippen molar-refractivity contribution in [2.45, 2.75) is 0 Å². The first-order valence-electron chi connectivity index (χ1n) is 8.70. The number of carbonyl (C=O) groups excluding carboxylic acids is 2. The Hall–Kier alpha value is -3.99. The topological polar surface area (TPSA) is 81.6 Å². The number of hydrogen-bond donors (Lipinski definition) is 1. The maximum atomic E-state index is 13.0. The lowest BCUT2D eigenvalue weighted by Crippen LogP contribution is -2.22. The van der Waals surface area contributed by atoms with Crippen LogP contribution in [0.3, 0.4) is 0 Å². The second-order valence-corrected chi connectivity index (χ2v) is 6.27. The van der Waals surface area contributed by atoms with E-state index >= 15 is 0 Å². The molecule has 1 N–H and O–H groups in total. The molecule has 0 unspecified atom stereocenters. The van der Waals surface area contributed by atoms with Gasteiger partial charge in [0.2, 0.25) is 0 Å². The average molecular weight is 367 g/mol. The van der Waals surface area contributed by atoms with Crippen molar-refractivity contribution in [2.75, 3.05) is 5.32 Å². The number of carboxylic acid groups (broad SMARTS) is 1. The minimum atomic E-state index is -1.24. The van der Waals surface area contributed by atoms with Crippen LogP contribution >= 0.6 is 0 Å². The third kappa shape index (κ3) is 3.46. The van der Waals surface area contributed by atoms with Gasteiger partial charge in [-0.25, -0.2) is 4.99 Å². The van der Waals surface area contributed by atoms with E-state index in [1.54, 1.807) is 24.3 Å². The van der Waals surface area contributed by atoms with Crippen LogP contribution in [0.15, 0.2) is 89.4 Å². The lowest BCUT2D eigenvalue weighted by molar-refractivity contribution is -0.255. The number of aliphatic imine (C=N–C) groups is 1. The molecule has 1 aliphatic heterocycles. The normalized spacial score (nSPS) is 14.6. The molecule has 0 fully saturated rings. The van der Waals surface area contributed by atoms with Crippen LogP contribution < -0.4 is 10.4 Å². The van der Waals surface area contributed by atoms with Crippen molar-refractivity contribution < 1.29 is 14.7 Å². The van der Waals surface area contributed by atoms with Gasteiger partial charge in [-0.05, 0) is 29.3 Å². The summed E-state index contributed by atoms with van der Waals surface area (Å²) in [7, 11) is 0. The highest BCUT2D eigenvalue weighted by Crippen LogP contribution is 2.31. The monoisotopic (exact) mass is 367 g/mol. The molecule has 1 aliphatic rings. The Morgan fingerprint density at radius 1 is 0.893 bits per heavy atom. The Labute approximate surface area is 161 Å². The first kappa shape index (κ1) is 17.4. The lowest BCUT2D eigenvalue weighted by Gasteiger charge is -2.09. The molecule has 3 aromatic carbocycles. The third-order valence-electron chi connectivity index (χ3n) is 4.39. The van der Waals surface area contributed by atoms with Gasteiger partial charge in [0, 0.05) is 5.56 Å². The molecule has 5 heteroatoms. The predicted molar refractivity (Wildman–Crippen MR) is 106 cm³/mol. The van der Waals surface area contributed by atoms with Crippen LogP contribution in [0.4, 0.5) is 11.4 Å². The average Bonchev–Trinajstić information content (AvgIpc) is 2.85. The summed E-state index contributed by atoms with van der Waals surface area (Å²) in [4.78, 5) is 28.7. The zero-order chi connectivity index (χ0) is 19.5. The molecule has 136 valence electrons. The van der Waals surface area contributed by atoms with E-state index in [1.165, 1.54) is 12.1 Å². The molecule has 28 heavy (non-hydrogen) atoms. The number of nitrogens with zero attached hydrogens (tertiary/aromatic N) is 1. The van der Waals surface area contributed by atoms with Gasteiger partial charge in [0.25, 0.3) is 5.91 Å². The van der Waals surface area contributed by atoms with Crippen LogP contribution in [0, 0.1) is 0 Å². The molecule has 0 aliphatic carbocycles. The SMILES string of the molecule is O=C1Nc2ccccc2N=C(c2ccccc2)/C1=C/c1ccc(C(=O)[O-])cc1. The van der Waals surface area contributed by atoms with E-state index in [9.17, 15) is 14.7 Å². The Balaban J connectivity index is 1.86. The van der Waals surface area contributed by atoms with E-state index in [-0.39, 0.29) is 11.5 Å². The molecule has 0 radical (unpaired) electrons. The molecule has 5 nitrogen and oxygen atoms in total. The summed E-state index contributed by atoms with van der Waals surface area (Å²) in [6, 6.07) is 23.0. The number of amides is 1. The fraction of sp³-hybridized carbons (Fsp3) is 0. The zero-order valence-electron chi connectivity index (χ0n) is 14.8. The van der Waals surface area contributed by atoms with Crippen molar-refractivity contribution in [2.24, 2.45) is 4.99 Å². The summed E-state index contributed by atoms with van der Waals surface area (Å²) in [6.45, 7) is 0. The smallest absolute Gasteiger partial charge is 0.257 e. The molecular formula is C23H15N2O3-. The Kier molecular flexibility index (Phi) is 4.56. The maximum Gasteiger partial charge on any atom is 0.257 e. The molecule has 4 rings (SSSR count). The number of para-hydroxylation sites is 2. The van der Waals surface area contributed by atoms with Gasteiger partial charge in [0.1, 0.15) is 0 Å². The van der Waals surface area contributed by atoms with Crippen molar-refractivity contribution in [1.29, 1.82) is 0 Å². The first-order valence-corrected chi connectivity index (χ1v) is 8.70. The van der Waals surface area contributed by atoms with E-state index in [4.69, 9.17) is 4.99 Å². The predicted octanol–water partition coefficient (Wildman–Crippen LogP) is 3.21. The molecule has 3 aromatic rings. The second kappa shape index (κ2) is 7.32. The number of nitrogens with one attached hydrogen (secondary N) is 1. The Morgan fingerprint density at radius 2 is 1.57 bits per heavy atom. The first-order chi connectivity index (χ1) is 13.6. The van der Waals surface area contributed by atoms with Gasteiger partial charge < -0.3 is 15.2 Å². The van der Waals surface area contributed by atoms with Crippen LogP contribution in [-0.2, 0) is 4.79 Å². The number of rotatable bonds is 3. The highest BCUT2D eigenvalue weighted by molar-refractivity contribution is 6.35. The molecule has 0 saturated carbocycles. The van der Waals surface area contributed by atoms with Crippen molar-refractivity contribution in [3.63, 3.8) is 0 Å². The van der Waals surface area contributed by atoms with Gasteiger partial charge in [0.05, 0.1) is 28.6 Å². The highest BCUT2D eigenvalue weighted by atomic mass is 16.4. The molecule has 1 amide bonds. The van der Waals surface area contributed by atoms with Crippen molar-refractivity contribution in [1.82, 2.24) is 0 Å². The summed E-state index contributed by atoms with van der Waals surface area (Å²) < 4.78 is 0. The van der Waals surface area contributed by atoms with Crippen LogP contribution in [-0.4, -0.2) is 17.6 Å². The van der Waals surface area contributed by atoms with E-state index < -0.39 is 5.97 Å². The number of carboxylic acids is 1. The number of benzene rings is 3. The molecule has 1 heterocycles. The molecule has 0 bridgehead atoms. The van der Waals surface area contributed by atoms with Gasteiger partial charge in [-0.1, -0.05) is 66.7 Å². The summed E-state index contributed by atoms with van der Waals surface area (Å²) >= 11 is 0. The minimum Gasteiger partial charge on any atom is -0.545 e. The van der Waals surface area contributed by atoms with Gasteiger partial charge >= 0.3 is 0 Å². The number of carbonyl (C=O) groups is 2. The van der Waals surface area contributed by atoms with Crippen molar-refractivity contribution in [3.8, 4) is 0 Å². The number of fused-ring (bicyclic) bond motifs is 1. The molecule has 0 atom stereocenters. The van der Waals surface area contributed by atoms with Crippen molar-refractivity contribution >= 4 is 35.0 Å². The largest absolute Gasteiger partial charge is 0.545 e. The lowest BCUT2D eigenvalue weighted by atomic mass is 9.99. The zero-order valence-corrected chi connectivity index (χ0v) is 14.8. The van der Waals surface area contributed by atoms with Crippen LogP contribution in [0.1, 0.15) is 21.5 Å². The number of hydrogen-bond acceptors (Lipinski definition) is 4. The summed E-state index contributed by atoms with van der Waals surface area (Å²) in [6.07, 6.45) is 1.70. The number of anilines is 1. The van der Waals surface area contributed by atoms with Crippen LogP contribution in [0.5, 0.6) is 0 Å². The Morgan fingerprint density at radius 3 is 2.29 bits per heavy atom. The van der Waals surface area contributed by atoms with Crippen LogP contribution in [0.25, 0.3) is 6.08 Å². The van der Waals surface area contributed by atoms with Crippen molar-refractivity contribution in [3.05, 3.63) is 101 Å². The molecule has 0 saturated heterocycles. The summed E-state index contributed by atoms with van der Waals surface area (Å²) in [5, 5.41) is 13.8. The Bertz CT molecular complexity index is 1110. The van der Waals surface area contributed by atoms with E-state index in [0.29, 0.717) is 28.2 Å². The van der Waals surface area contributed by atoms with Gasteiger partial charge in [0.15, 0.2) is 0 Å². The van der Waals surface area contributed by atoms with Crippen LogP contribution in [0.2, 0.25) is 0 Å². The highest BCUT2D eigenvalue weighted by Gasteiger charge is 2.22. The summed E-state index contributed by atoms with van der Waals surface area (Å²) in [5.74, 6) is -1.52. The second-order valence-electron chi connectivity index (χ2n) is 6.27. The molecular weight excluding hydrogens is 352 g/mol. The minimum absolute atomic E-state index is 0.0804. The fourth-order valence-corrected chi connectivity index (χ4v) is 2.99. The van der Waals surface area contributed by atoms with Gasteiger partial charge in [-0.3, -0.25) is 4.79 Å². The third-order valence-corrected chi connectivity index (χ3v) is 4.39. The van der Waals surface area contributed by atoms with E-state index in [1.807, 2.05) is 48.5 Å². The molecule has 0 aromatic heterocycles. The van der Waals surface area contributed by atoms with Gasteiger partial charge in [-0.15, -0.1) is 0 Å². The van der Waals surface area contributed by atoms with E-state index in [2.05, 4.69) is 5.32 Å². The summed E-state index contributed by atoms with van der Waals surface area (Å²) in [5.41, 5.74) is 3.83. The van der Waals surface area contributed by atoms with Gasteiger partial charge in [-0.2, -0.15) is 0 Å². The standard InChI is InChI=1S/C23H16N2O3/c26-22-18(14-15-10-12-17(13-11-15)23(27)28)21(16-6-2-1-3-7-16)24-19-8-4-5-9-20(19)25-22/h1-14H,(H,25,26)(H,27,28)/p-1/b18-14-. The number of aromatic carboxylic acids is 1. The quantitative estimate of drug-likeness (QED) is 0.722. The fourth-order valence-electron chi connectivity index (χ4n) is 2.99. The van der Waals surface area contributed by atoms with E-state index in [0.717, 1.165) is 5.56 Å².